The van der Waals surface area contributed by atoms with Crippen molar-refractivity contribution in [2.45, 2.75) is 32.4 Å². The van der Waals surface area contributed by atoms with Gasteiger partial charge < -0.3 is 5.32 Å². The minimum absolute atomic E-state index is 0.108. The van der Waals surface area contributed by atoms with E-state index in [1.54, 1.807) is 6.07 Å². The molecular formula is C17H18Cl3N. The lowest BCUT2D eigenvalue weighted by atomic mass is 10.0. The first-order chi connectivity index (χ1) is 10.0. The molecule has 0 aromatic heterocycles. The molecule has 2 aromatic rings. The standard InChI is InChI=1S/C17H18Cl3N/c1-3-17(12-4-6-13(18)7-5-12)21-11(2)15-10-14(19)8-9-16(15)20/h4-11,17,21H,3H2,1-2H3. The molecule has 0 saturated heterocycles. The van der Waals surface area contributed by atoms with E-state index in [-0.39, 0.29) is 12.1 Å². The van der Waals surface area contributed by atoms with Crippen LogP contribution in [-0.4, -0.2) is 0 Å². The molecule has 0 spiro atoms. The van der Waals surface area contributed by atoms with Gasteiger partial charge in [0, 0.05) is 27.2 Å². The molecule has 2 rings (SSSR count). The lowest BCUT2D eigenvalue weighted by Gasteiger charge is -2.24. The average molecular weight is 343 g/mol. The molecule has 1 nitrogen and oxygen atoms in total. The Morgan fingerprint density at radius 1 is 0.952 bits per heavy atom. The largest absolute Gasteiger partial charge is 0.303 e. The predicted octanol–water partition coefficient (Wildman–Crippen LogP) is 6.45. The normalized spacial score (nSPS) is 14.0. The zero-order valence-electron chi connectivity index (χ0n) is 12.0. The van der Waals surface area contributed by atoms with Crippen molar-refractivity contribution >= 4 is 34.8 Å². The van der Waals surface area contributed by atoms with E-state index in [0.717, 1.165) is 22.0 Å². The van der Waals surface area contributed by atoms with E-state index in [9.17, 15) is 0 Å². The van der Waals surface area contributed by atoms with Gasteiger partial charge in [-0.25, -0.2) is 0 Å². The van der Waals surface area contributed by atoms with Gasteiger partial charge >= 0.3 is 0 Å². The molecule has 4 heteroatoms. The molecule has 2 atom stereocenters. The molecular weight excluding hydrogens is 325 g/mol. The smallest absolute Gasteiger partial charge is 0.0454 e. The predicted molar refractivity (Wildman–Crippen MR) is 92.5 cm³/mol. The fraction of sp³-hybridized carbons (Fsp3) is 0.294. The van der Waals surface area contributed by atoms with Crippen molar-refractivity contribution in [1.29, 1.82) is 0 Å². The van der Waals surface area contributed by atoms with E-state index in [1.165, 1.54) is 5.56 Å². The Balaban J connectivity index is 2.17. The molecule has 0 bridgehead atoms. The lowest BCUT2D eigenvalue weighted by Crippen LogP contribution is -2.24. The zero-order chi connectivity index (χ0) is 15.4. The summed E-state index contributed by atoms with van der Waals surface area (Å²) < 4.78 is 0. The third kappa shape index (κ3) is 4.37. The summed E-state index contributed by atoms with van der Waals surface area (Å²) in [4.78, 5) is 0. The number of hydrogen-bond donors (Lipinski definition) is 1. The molecule has 0 saturated carbocycles. The van der Waals surface area contributed by atoms with E-state index in [0.29, 0.717) is 5.02 Å². The minimum Gasteiger partial charge on any atom is -0.303 e. The van der Waals surface area contributed by atoms with E-state index in [1.807, 2.05) is 24.3 Å². The number of benzene rings is 2. The van der Waals surface area contributed by atoms with E-state index < -0.39 is 0 Å². The van der Waals surface area contributed by atoms with Crippen LogP contribution in [0.4, 0.5) is 0 Å². The molecule has 0 radical (unpaired) electrons. The van der Waals surface area contributed by atoms with Crippen LogP contribution in [0.5, 0.6) is 0 Å². The molecule has 21 heavy (non-hydrogen) atoms. The van der Waals surface area contributed by atoms with Crippen molar-refractivity contribution < 1.29 is 0 Å². The van der Waals surface area contributed by atoms with Gasteiger partial charge in [-0.1, -0.05) is 53.9 Å². The van der Waals surface area contributed by atoms with Crippen molar-refractivity contribution in [2.75, 3.05) is 0 Å². The van der Waals surface area contributed by atoms with Crippen LogP contribution in [0.2, 0.25) is 15.1 Å². The Morgan fingerprint density at radius 2 is 1.57 bits per heavy atom. The molecule has 2 aromatic carbocycles. The Labute approximate surface area is 141 Å². The van der Waals surface area contributed by atoms with Gasteiger partial charge in [0.25, 0.3) is 0 Å². The highest BCUT2D eigenvalue weighted by atomic mass is 35.5. The van der Waals surface area contributed by atoms with Crippen LogP contribution in [0.25, 0.3) is 0 Å². The van der Waals surface area contributed by atoms with Gasteiger partial charge in [0.05, 0.1) is 0 Å². The first kappa shape index (κ1) is 16.6. The molecule has 0 amide bonds. The second kappa shape index (κ2) is 7.51. The molecule has 2 unspecified atom stereocenters. The molecule has 0 fully saturated rings. The monoisotopic (exact) mass is 341 g/mol. The molecule has 0 heterocycles. The van der Waals surface area contributed by atoms with E-state index in [2.05, 4.69) is 31.3 Å². The number of nitrogens with one attached hydrogen (secondary N) is 1. The fourth-order valence-electron chi connectivity index (χ4n) is 2.38. The zero-order valence-corrected chi connectivity index (χ0v) is 14.3. The van der Waals surface area contributed by atoms with Crippen LogP contribution in [0.1, 0.15) is 43.5 Å². The first-order valence-corrected chi connectivity index (χ1v) is 8.11. The van der Waals surface area contributed by atoms with Gasteiger partial charge in [-0.2, -0.15) is 0 Å². The fourth-order valence-corrected chi connectivity index (χ4v) is 2.97. The van der Waals surface area contributed by atoms with Gasteiger partial charge in [-0.05, 0) is 54.8 Å². The highest BCUT2D eigenvalue weighted by molar-refractivity contribution is 6.33. The van der Waals surface area contributed by atoms with E-state index >= 15 is 0 Å². The summed E-state index contributed by atoms with van der Waals surface area (Å²) in [6, 6.07) is 13.8. The maximum Gasteiger partial charge on any atom is 0.0454 e. The second-order valence-electron chi connectivity index (χ2n) is 5.07. The SMILES string of the molecule is CCC(NC(C)c1cc(Cl)ccc1Cl)c1ccc(Cl)cc1. The van der Waals surface area contributed by atoms with Crippen molar-refractivity contribution in [3.8, 4) is 0 Å². The highest BCUT2D eigenvalue weighted by Crippen LogP contribution is 2.29. The van der Waals surface area contributed by atoms with Crippen molar-refractivity contribution in [3.05, 3.63) is 68.7 Å². The van der Waals surface area contributed by atoms with Crippen LogP contribution in [0, 0.1) is 0 Å². The summed E-state index contributed by atoms with van der Waals surface area (Å²) in [5.74, 6) is 0. The molecule has 112 valence electrons. The molecule has 0 aliphatic carbocycles. The molecule has 0 aliphatic rings. The van der Waals surface area contributed by atoms with Crippen LogP contribution >= 0.6 is 34.8 Å². The van der Waals surface area contributed by atoms with Crippen LogP contribution < -0.4 is 5.32 Å². The maximum atomic E-state index is 6.27. The number of halogens is 3. The third-order valence-electron chi connectivity index (χ3n) is 3.56. The van der Waals surface area contributed by atoms with Gasteiger partial charge in [0.2, 0.25) is 0 Å². The highest BCUT2D eigenvalue weighted by Gasteiger charge is 2.16. The summed E-state index contributed by atoms with van der Waals surface area (Å²) in [5.41, 5.74) is 2.23. The van der Waals surface area contributed by atoms with Gasteiger partial charge in [-0.3, -0.25) is 0 Å². The van der Waals surface area contributed by atoms with E-state index in [4.69, 9.17) is 34.8 Å². The summed E-state index contributed by atoms with van der Waals surface area (Å²) in [5, 5.41) is 5.77. The van der Waals surface area contributed by atoms with Crippen LogP contribution in [0.15, 0.2) is 42.5 Å². The van der Waals surface area contributed by atoms with Crippen LogP contribution in [-0.2, 0) is 0 Å². The summed E-state index contributed by atoms with van der Waals surface area (Å²) in [6.45, 7) is 4.24. The number of rotatable bonds is 5. The van der Waals surface area contributed by atoms with Gasteiger partial charge in [-0.15, -0.1) is 0 Å². The topological polar surface area (TPSA) is 12.0 Å². The van der Waals surface area contributed by atoms with Gasteiger partial charge in [0.15, 0.2) is 0 Å². The average Bonchev–Trinajstić information content (AvgIpc) is 2.48. The molecule has 0 aliphatic heterocycles. The Kier molecular flexibility index (Phi) is 5.95. The second-order valence-corrected chi connectivity index (χ2v) is 6.35. The summed E-state index contributed by atoms with van der Waals surface area (Å²) in [7, 11) is 0. The Bertz CT molecular complexity index is 595. The Morgan fingerprint density at radius 3 is 2.19 bits per heavy atom. The summed E-state index contributed by atoms with van der Waals surface area (Å²) in [6.07, 6.45) is 0.976. The summed E-state index contributed by atoms with van der Waals surface area (Å²) >= 11 is 18.3. The number of hydrogen-bond acceptors (Lipinski definition) is 1. The Hall–Kier alpha value is -0.730. The van der Waals surface area contributed by atoms with Gasteiger partial charge in [0.1, 0.15) is 0 Å². The molecule has 1 N–H and O–H groups in total. The maximum absolute atomic E-state index is 6.27. The van der Waals surface area contributed by atoms with Crippen molar-refractivity contribution in [2.24, 2.45) is 0 Å². The van der Waals surface area contributed by atoms with Crippen molar-refractivity contribution in [1.82, 2.24) is 5.32 Å². The van der Waals surface area contributed by atoms with Crippen LogP contribution in [0.3, 0.4) is 0 Å². The minimum atomic E-state index is 0.108. The third-order valence-corrected chi connectivity index (χ3v) is 4.39. The first-order valence-electron chi connectivity index (χ1n) is 6.97. The quantitative estimate of drug-likeness (QED) is 0.658. The van der Waals surface area contributed by atoms with Crippen molar-refractivity contribution in [3.63, 3.8) is 0 Å². The lowest BCUT2D eigenvalue weighted by molar-refractivity contribution is 0.456.